The summed E-state index contributed by atoms with van der Waals surface area (Å²) < 4.78 is 34.8. The van der Waals surface area contributed by atoms with Crippen LogP contribution in [0.1, 0.15) is 47.0 Å². The molecule has 0 bridgehead atoms. The highest BCUT2D eigenvalue weighted by molar-refractivity contribution is 6.99. The first-order valence-corrected chi connectivity index (χ1v) is 16.1. The Morgan fingerprint density at radius 3 is 1.24 bits per heavy atom. The highest BCUT2D eigenvalue weighted by Crippen LogP contribution is 2.36. The van der Waals surface area contributed by atoms with Gasteiger partial charge in [0.25, 0.3) is 8.32 Å². The molecule has 0 unspecified atom stereocenters. The summed E-state index contributed by atoms with van der Waals surface area (Å²) in [6.45, 7) is 15.5. The van der Waals surface area contributed by atoms with Gasteiger partial charge in [-0.15, -0.1) is 0 Å². The SMILES string of the molecule is CCCCCOCCOCCOCCOCCOCCO[Si](c1ccccc1)(c1ccccc1)C(C)(C)C. The van der Waals surface area contributed by atoms with Crippen LogP contribution in [0.15, 0.2) is 60.7 Å². The summed E-state index contributed by atoms with van der Waals surface area (Å²) in [5.41, 5.74) is 0. The third kappa shape index (κ3) is 11.7. The lowest BCUT2D eigenvalue weighted by molar-refractivity contribution is -0.0130. The number of ether oxygens (including phenoxy) is 5. The molecule has 0 aliphatic carbocycles. The van der Waals surface area contributed by atoms with Crippen LogP contribution >= 0.6 is 0 Å². The first-order valence-electron chi connectivity index (χ1n) is 14.2. The van der Waals surface area contributed by atoms with Gasteiger partial charge in [0.1, 0.15) is 0 Å². The quantitative estimate of drug-likeness (QED) is 0.156. The highest BCUT2D eigenvalue weighted by atomic mass is 28.4. The maximum Gasteiger partial charge on any atom is 0.261 e. The minimum Gasteiger partial charge on any atom is -0.405 e. The van der Waals surface area contributed by atoms with Gasteiger partial charge in [0, 0.05) is 6.61 Å². The molecule has 2 aromatic carbocycles. The number of benzene rings is 2. The molecule has 0 fully saturated rings. The number of hydrogen-bond acceptors (Lipinski definition) is 6. The highest BCUT2D eigenvalue weighted by Gasteiger charge is 2.49. The summed E-state index contributed by atoms with van der Waals surface area (Å²) in [6.07, 6.45) is 3.56. The lowest BCUT2D eigenvalue weighted by Gasteiger charge is -2.43. The van der Waals surface area contributed by atoms with E-state index in [2.05, 4.69) is 88.4 Å². The van der Waals surface area contributed by atoms with Gasteiger partial charge < -0.3 is 28.1 Å². The summed E-state index contributed by atoms with van der Waals surface area (Å²) >= 11 is 0. The normalized spacial score (nSPS) is 12.2. The van der Waals surface area contributed by atoms with Crippen LogP contribution < -0.4 is 10.4 Å². The Balaban J connectivity index is 1.58. The van der Waals surface area contributed by atoms with Crippen LogP contribution in [-0.4, -0.2) is 81.0 Å². The molecule has 2 aromatic rings. The molecule has 0 heterocycles. The molecule has 0 spiro atoms. The van der Waals surface area contributed by atoms with Crippen LogP contribution in [0.4, 0.5) is 0 Å². The Kier molecular flexibility index (Phi) is 16.7. The van der Waals surface area contributed by atoms with E-state index in [1.165, 1.54) is 23.2 Å². The van der Waals surface area contributed by atoms with Crippen LogP contribution in [-0.2, 0) is 28.1 Å². The van der Waals surface area contributed by atoms with Gasteiger partial charge >= 0.3 is 0 Å². The minimum absolute atomic E-state index is 0.0358. The molecule has 0 radical (unpaired) electrons. The first-order chi connectivity index (χ1) is 18.5. The molecule has 214 valence electrons. The molecule has 0 N–H and O–H groups in total. The average molecular weight is 547 g/mol. The lowest BCUT2D eigenvalue weighted by atomic mass is 10.2. The number of rotatable bonds is 22. The van der Waals surface area contributed by atoms with Gasteiger partial charge in [-0.25, -0.2) is 0 Å². The summed E-state index contributed by atoms with van der Waals surface area (Å²) in [7, 11) is -2.51. The predicted octanol–water partition coefficient (Wildman–Crippen LogP) is 4.84. The van der Waals surface area contributed by atoms with Crippen molar-refractivity contribution in [2.45, 2.75) is 52.0 Å². The standard InChI is InChI=1S/C31H50O6Si/c1-5-6-13-18-32-19-20-33-21-22-34-23-24-35-25-26-36-27-28-37-38(31(2,3)4,29-14-9-7-10-15-29)30-16-11-8-12-17-30/h7-12,14-17H,5-6,13,18-28H2,1-4H3. The summed E-state index contributed by atoms with van der Waals surface area (Å²) in [4.78, 5) is 0. The summed E-state index contributed by atoms with van der Waals surface area (Å²) in [5.74, 6) is 0. The van der Waals surface area contributed by atoms with Crippen LogP contribution in [0.3, 0.4) is 0 Å². The molecule has 0 amide bonds. The van der Waals surface area contributed by atoms with Gasteiger partial charge in [-0.3, -0.25) is 0 Å². The molecule has 0 atom stereocenters. The van der Waals surface area contributed by atoms with Crippen LogP contribution in [0.5, 0.6) is 0 Å². The van der Waals surface area contributed by atoms with E-state index in [0.717, 1.165) is 13.0 Å². The van der Waals surface area contributed by atoms with Gasteiger partial charge in [0.15, 0.2) is 0 Å². The molecule has 38 heavy (non-hydrogen) atoms. The monoisotopic (exact) mass is 546 g/mol. The average Bonchev–Trinajstić information content (AvgIpc) is 2.92. The van der Waals surface area contributed by atoms with Crippen molar-refractivity contribution < 1.29 is 28.1 Å². The Labute approximate surface area is 232 Å². The van der Waals surface area contributed by atoms with E-state index < -0.39 is 8.32 Å². The molecule has 0 aliphatic heterocycles. The number of unbranched alkanes of at least 4 members (excludes halogenated alkanes) is 2. The van der Waals surface area contributed by atoms with Gasteiger partial charge in [-0.05, 0) is 21.8 Å². The van der Waals surface area contributed by atoms with Crippen molar-refractivity contribution in [1.29, 1.82) is 0 Å². The fourth-order valence-corrected chi connectivity index (χ4v) is 9.00. The molecular weight excluding hydrogens is 496 g/mol. The van der Waals surface area contributed by atoms with Crippen LogP contribution in [0.25, 0.3) is 0 Å². The van der Waals surface area contributed by atoms with E-state index >= 15 is 0 Å². The predicted molar refractivity (Wildman–Crippen MR) is 157 cm³/mol. The van der Waals surface area contributed by atoms with Crippen molar-refractivity contribution in [2.75, 3.05) is 72.7 Å². The topological polar surface area (TPSA) is 55.4 Å². The summed E-state index contributed by atoms with van der Waals surface area (Å²) in [6, 6.07) is 21.4. The Morgan fingerprint density at radius 2 is 0.868 bits per heavy atom. The van der Waals surface area contributed by atoms with E-state index in [4.69, 9.17) is 28.1 Å². The smallest absolute Gasteiger partial charge is 0.261 e. The van der Waals surface area contributed by atoms with Crippen LogP contribution in [0, 0.1) is 0 Å². The zero-order chi connectivity index (χ0) is 27.4. The van der Waals surface area contributed by atoms with Gasteiger partial charge in [-0.1, -0.05) is 101 Å². The Hall–Kier alpha value is -1.58. The molecule has 7 heteroatoms. The lowest BCUT2D eigenvalue weighted by Crippen LogP contribution is -2.66. The maximum absolute atomic E-state index is 6.83. The van der Waals surface area contributed by atoms with E-state index in [0.29, 0.717) is 66.1 Å². The van der Waals surface area contributed by atoms with Crippen molar-refractivity contribution in [1.82, 2.24) is 0 Å². The maximum atomic E-state index is 6.83. The van der Waals surface area contributed by atoms with E-state index in [1.54, 1.807) is 0 Å². The van der Waals surface area contributed by atoms with E-state index in [9.17, 15) is 0 Å². The fraction of sp³-hybridized carbons (Fsp3) is 0.613. The largest absolute Gasteiger partial charge is 0.405 e. The van der Waals surface area contributed by atoms with Crippen LogP contribution in [0.2, 0.25) is 5.04 Å². The Morgan fingerprint density at radius 1 is 0.500 bits per heavy atom. The van der Waals surface area contributed by atoms with Crippen molar-refractivity contribution >= 4 is 18.7 Å². The fourth-order valence-electron chi connectivity index (χ4n) is 4.45. The Bertz CT molecular complexity index is 773. The van der Waals surface area contributed by atoms with Crippen molar-refractivity contribution in [2.24, 2.45) is 0 Å². The second-order valence-corrected chi connectivity index (χ2v) is 14.6. The first kappa shape index (κ1) is 32.6. The van der Waals surface area contributed by atoms with Crippen molar-refractivity contribution in [3.63, 3.8) is 0 Å². The van der Waals surface area contributed by atoms with Crippen molar-refractivity contribution in [3.05, 3.63) is 60.7 Å². The third-order valence-electron chi connectivity index (χ3n) is 6.34. The van der Waals surface area contributed by atoms with E-state index in [1.807, 2.05) is 0 Å². The minimum atomic E-state index is -2.51. The molecule has 0 aromatic heterocycles. The zero-order valence-electron chi connectivity index (χ0n) is 24.1. The molecule has 0 saturated carbocycles. The molecule has 0 aliphatic rings. The second kappa shape index (κ2) is 19.5. The molecule has 6 nitrogen and oxygen atoms in total. The second-order valence-electron chi connectivity index (χ2n) is 10.3. The van der Waals surface area contributed by atoms with Gasteiger partial charge in [0.05, 0.1) is 66.1 Å². The summed E-state index contributed by atoms with van der Waals surface area (Å²) in [5, 5.41) is 2.53. The van der Waals surface area contributed by atoms with Gasteiger partial charge in [-0.2, -0.15) is 0 Å². The van der Waals surface area contributed by atoms with Gasteiger partial charge in [0.2, 0.25) is 0 Å². The van der Waals surface area contributed by atoms with Crippen molar-refractivity contribution in [3.8, 4) is 0 Å². The zero-order valence-corrected chi connectivity index (χ0v) is 25.1. The molecule has 0 saturated heterocycles. The molecule has 2 rings (SSSR count). The molecular formula is C31H50O6Si. The number of hydrogen-bond donors (Lipinski definition) is 0. The third-order valence-corrected chi connectivity index (χ3v) is 11.4. The van der Waals surface area contributed by atoms with E-state index in [-0.39, 0.29) is 5.04 Å².